The van der Waals surface area contributed by atoms with Crippen LogP contribution in [0, 0.1) is 0 Å². The van der Waals surface area contributed by atoms with E-state index in [0.29, 0.717) is 0 Å². The van der Waals surface area contributed by atoms with Crippen LogP contribution in [-0.4, -0.2) is 24.1 Å². The predicted octanol–water partition coefficient (Wildman–Crippen LogP) is 5.71. The van der Waals surface area contributed by atoms with Crippen molar-refractivity contribution < 1.29 is 0 Å². The van der Waals surface area contributed by atoms with Crippen LogP contribution in [0.1, 0.15) is 23.6 Å². The lowest BCUT2D eigenvalue weighted by Gasteiger charge is -2.26. The van der Waals surface area contributed by atoms with Crippen molar-refractivity contribution in [3.8, 4) is 0 Å². The van der Waals surface area contributed by atoms with Gasteiger partial charge < -0.3 is 15.1 Å². The minimum absolute atomic E-state index is 0.731. The Labute approximate surface area is 180 Å². The summed E-state index contributed by atoms with van der Waals surface area (Å²) in [6.07, 6.45) is 1.04. The van der Waals surface area contributed by atoms with Gasteiger partial charge in [0.05, 0.1) is 0 Å². The second-order valence-corrected chi connectivity index (χ2v) is 7.77. The average Bonchev–Trinajstić information content (AvgIpc) is 2.75. The number of thiocarbonyl (C=S) groups is 1. The maximum Gasteiger partial charge on any atom is 0.174 e. The highest BCUT2D eigenvalue weighted by atomic mass is 32.1. The lowest BCUT2D eigenvalue weighted by Crippen LogP contribution is -2.33. The van der Waals surface area contributed by atoms with Crippen molar-refractivity contribution in [3.05, 3.63) is 95.6 Å². The second kappa shape index (κ2) is 10.1. The zero-order valence-corrected chi connectivity index (χ0v) is 18.2. The standard InChI is InChI=1S/C25H29N3S/c1-4-20-10-14-23(15-11-20)26-25(29)28(18-21-8-6-5-7-9-21)19-22-12-16-24(17-13-22)27(2)3/h5-17H,4,18-19H2,1-3H3,(H,26,29). The molecule has 1 N–H and O–H groups in total. The van der Waals surface area contributed by atoms with Crippen molar-refractivity contribution in [1.29, 1.82) is 0 Å². The molecule has 0 saturated carbocycles. The van der Waals surface area contributed by atoms with Crippen LogP contribution in [0.25, 0.3) is 0 Å². The van der Waals surface area contributed by atoms with Gasteiger partial charge in [-0.15, -0.1) is 0 Å². The monoisotopic (exact) mass is 403 g/mol. The number of nitrogens with zero attached hydrogens (tertiary/aromatic N) is 2. The summed E-state index contributed by atoms with van der Waals surface area (Å²) < 4.78 is 0. The van der Waals surface area contributed by atoms with Crippen LogP contribution in [0.4, 0.5) is 11.4 Å². The van der Waals surface area contributed by atoms with E-state index in [0.717, 1.165) is 30.3 Å². The molecule has 3 rings (SSSR count). The van der Waals surface area contributed by atoms with Crippen molar-refractivity contribution >= 4 is 28.7 Å². The highest BCUT2D eigenvalue weighted by Gasteiger charge is 2.12. The molecule has 150 valence electrons. The van der Waals surface area contributed by atoms with E-state index in [1.165, 1.54) is 22.4 Å². The molecule has 0 unspecified atom stereocenters. The molecule has 0 aromatic heterocycles. The smallest absolute Gasteiger partial charge is 0.174 e. The van der Waals surface area contributed by atoms with Gasteiger partial charge in [0.15, 0.2) is 5.11 Å². The molecule has 3 aromatic rings. The van der Waals surface area contributed by atoms with Gasteiger partial charge in [-0.3, -0.25) is 0 Å². The molecule has 0 aliphatic rings. The van der Waals surface area contributed by atoms with E-state index in [4.69, 9.17) is 12.2 Å². The maximum absolute atomic E-state index is 5.79. The predicted molar refractivity (Wildman–Crippen MR) is 128 cm³/mol. The lowest BCUT2D eigenvalue weighted by atomic mass is 10.1. The van der Waals surface area contributed by atoms with Crippen molar-refractivity contribution in [1.82, 2.24) is 4.90 Å². The first kappa shape index (κ1) is 20.9. The minimum atomic E-state index is 0.731. The van der Waals surface area contributed by atoms with Crippen LogP contribution in [0.3, 0.4) is 0 Å². The zero-order chi connectivity index (χ0) is 20.6. The molecule has 0 aliphatic heterocycles. The number of aryl methyl sites for hydroxylation is 1. The van der Waals surface area contributed by atoms with Crippen molar-refractivity contribution in [3.63, 3.8) is 0 Å². The van der Waals surface area contributed by atoms with E-state index in [-0.39, 0.29) is 0 Å². The van der Waals surface area contributed by atoms with Crippen LogP contribution < -0.4 is 10.2 Å². The summed E-state index contributed by atoms with van der Waals surface area (Å²) in [7, 11) is 4.11. The van der Waals surface area contributed by atoms with Crippen molar-refractivity contribution in [2.24, 2.45) is 0 Å². The van der Waals surface area contributed by atoms with Gasteiger partial charge in [0, 0.05) is 38.6 Å². The summed E-state index contributed by atoms with van der Waals surface area (Å²) in [4.78, 5) is 4.32. The molecule has 0 atom stereocenters. The Bertz CT molecular complexity index is 903. The normalized spacial score (nSPS) is 10.4. The summed E-state index contributed by atoms with van der Waals surface area (Å²) in [5, 5.41) is 4.14. The molecule has 3 aromatic carbocycles. The minimum Gasteiger partial charge on any atom is -0.378 e. The highest BCUT2D eigenvalue weighted by molar-refractivity contribution is 7.80. The van der Waals surface area contributed by atoms with Gasteiger partial charge in [0.1, 0.15) is 0 Å². The summed E-state index contributed by atoms with van der Waals surface area (Å²) in [5.74, 6) is 0. The fraction of sp³-hybridized carbons (Fsp3) is 0.240. The fourth-order valence-corrected chi connectivity index (χ4v) is 3.40. The Morgan fingerprint density at radius 1 is 0.759 bits per heavy atom. The summed E-state index contributed by atoms with van der Waals surface area (Å²) >= 11 is 5.79. The quantitative estimate of drug-likeness (QED) is 0.509. The zero-order valence-electron chi connectivity index (χ0n) is 17.4. The van der Waals surface area contributed by atoms with Gasteiger partial charge in [-0.25, -0.2) is 0 Å². The largest absolute Gasteiger partial charge is 0.378 e. The summed E-state index contributed by atoms with van der Waals surface area (Å²) in [6, 6.07) is 27.6. The molecule has 0 heterocycles. The van der Waals surface area contributed by atoms with Gasteiger partial charge in [-0.1, -0.05) is 61.5 Å². The van der Waals surface area contributed by atoms with Crippen LogP contribution in [0.2, 0.25) is 0 Å². The van der Waals surface area contributed by atoms with E-state index in [1.54, 1.807) is 0 Å². The Morgan fingerprint density at radius 3 is 1.86 bits per heavy atom. The topological polar surface area (TPSA) is 18.5 Å². The van der Waals surface area contributed by atoms with Crippen LogP contribution in [0.15, 0.2) is 78.9 Å². The first-order chi connectivity index (χ1) is 14.0. The fourth-order valence-electron chi connectivity index (χ4n) is 3.15. The van der Waals surface area contributed by atoms with Crippen LogP contribution in [-0.2, 0) is 19.5 Å². The molecule has 0 aliphatic carbocycles. The number of hydrogen-bond donors (Lipinski definition) is 1. The number of rotatable bonds is 7. The molecule has 0 bridgehead atoms. The third-order valence-electron chi connectivity index (χ3n) is 4.94. The number of hydrogen-bond acceptors (Lipinski definition) is 2. The highest BCUT2D eigenvalue weighted by Crippen LogP contribution is 2.17. The Hall–Kier alpha value is -2.85. The van der Waals surface area contributed by atoms with Crippen molar-refractivity contribution in [2.75, 3.05) is 24.3 Å². The number of benzene rings is 3. The van der Waals surface area contributed by atoms with E-state index < -0.39 is 0 Å². The Morgan fingerprint density at radius 2 is 1.31 bits per heavy atom. The van der Waals surface area contributed by atoms with Gasteiger partial charge in [0.2, 0.25) is 0 Å². The second-order valence-electron chi connectivity index (χ2n) is 7.38. The maximum atomic E-state index is 5.79. The molecule has 0 spiro atoms. The van der Waals surface area contributed by atoms with Crippen LogP contribution >= 0.6 is 12.2 Å². The molecule has 3 nitrogen and oxygen atoms in total. The summed E-state index contributed by atoms with van der Waals surface area (Å²) in [6.45, 7) is 3.67. The molecular formula is C25H29N3S. The van der Waals surface area contributed by atoms with E-state index in [2.05, 4.69) is 109 Å². The summed E-state index contributed by atoms with van der Waals surface area (Å²) in [5.41, 5.74) is 6.01. The first-order valence-electron chi connectivity index (χ1n) is 10.00. The SMILES string of the molecule is CCc1ccc(NC(=S)N(Cc2ccccc2)Cc2ccc(N(C)C)cc2)cc1. The molecule has 29 heavy (non-hydrogen) atoms. The molecular weight excluding hydrogens is 374 g/mol. The molecule has 0 amide bonds. The van der Waals surface area contributed by atoms with Gasteiger partial charge in [0.25, 0.3) is 0 Å². The van der Waals surface area contributed by atoms with E-state index >= 15 is 0 Å². The third-order valence-corrected chi connectivity index (χ3v) is 5.30. The van der Waals surface area contributed by atoms with Crippen LogP contribution in [0.5, 0.6) is 0 Å². The van der Waals surface area contributed by atoms with Gasteiger partial charge >= 0.3 is 0 Å². The molecule has 0 saturated heterocycles. The number of anilines is 2. The first-order valence-corrected chi connectivity index (χ1v) is 10.4. The van der Waals surface area contributed by atoms with Gasteiger partial charge in [-0.2, -0.15) is 0 Å². The van der Waals surface area contributed by atoms with Crippen molar-refractivity contribution in [2.45, 2.75) is 26.4 Å². The Balaban J connectivity index is 1.76. The molecule has 4 heteroatoms. The average molecular weight is 404 g/mol. The molecule has 0 radical (unpaired) electrons. The number of nitrogens with one attached hydrogen (secondary N) is 1. The van der Waals surface area contributed by atoms with Gasteiger partial charge in [-0.05, 0) is 59.6 Å². The van der Waals surface area contributed by atoms with E-state index in [1.807, 2.05) is 6.07 Å². The lowest BCUT2D eigenvalue weighted by molar-refractivity contribution is 0.413. The Kier molecular flexibility index (Phi) is 7.25. The van der Waals surface area contributed by atoms with E-state index in [9.17, 15) is 0 Å². The third kappa shape index (κ3) is 6.06. The molecule has 0 fully saturated rings.